The third-order valence-corrected chi connectivity index (χ3v) is 4.66. The molecule has 1 aliphatic heterocycles. The number of hydrogen-bond donors (Lipinski definition) is 1. The number of nitrogens with zero attached hydrogens (tertiary/aromatic N) is 1. The largest absolute Gasteiger partial charge is 0.341 e. The Kier molecular flexibility index (Phi) is 6.15. The number of amides is 1. The molecule has 1 amide bonds. The fourth-order valence-electron chi connectivity index (χ4n) is 3.47. The van der Waals surface area contributed by atoms with Crippen LogP contribution in [0.1, 0.15) is 64.7 Å². The first-order valence-electron chi connectivity index (χ1n) is 8.30. The third-order valence-electron chi connectivity index (χ3n) is 4.66. The van der Waals surface area contributed by atoms with Gasteiger partial charge in [-0.15, -0.1) is 0 Å². The van der Waals surface area contributed by atoms with Crippen LogP contribution >= 0.6 is 0 Å². The number of carbonyl (C=O) groups excluding carboxylic acids is 1. The minimum absolute atomic E-state index is 0.353. The lowest BCUT2D eigenvalue weighted by Crippen LogP contribution is -2.49. The normalized spacial score (nSPS) is 25.5. The average molecular weight is 266 g/mol. The predicted molar refractivity (Wildman–Crippen MR) is 79.1 cm³/mol. The third kappa shape index (κ3) is 4.79. The first kappa shape index (κ1) is 14.8. The van der Waals surface area contributed by atoms with E-state index in [0.717, 1.165) is 38.3 Å². The molecular formula is C16H30N2O. The highest BCUT2D eigenvalue weighted by molar-refractivity contribution is 5.76. The molecule has 1 saturated heterocycles. The maximum atomic E-state index is 11.9. The Bertz CT molecular complexity index is 274. The van der Waals surface area contributed by atoms with Crippen LogP contribution in [0.4, 0.5) is 0 Å². The zero-order valence-corrected chi connectivity index (χ0v) is 12.5. The number of piperidine rings is 1. The Hall–Kier alpha value is -0.570. The van der Waals surface area contributed by atoms with Crippen molar-refractivity contribution in [3.63, 3.8) is 0 Å². The molecule has 0 aromatic rings. The van der Waals surface area contributed by atoms with Crippen molar-refractivity contribution in [1.82, 2.24) is 10.2 Å². The number of nitrogens with one attached hydrogen (secondary N) is 1. The second-order valence-corrected chi connectivity index (χ2v) is 6.34. The summed E-state index contributed by atoms with van der Waals surface area (Å²) in [5.41, 5.74) is 0. The van der Waals surface area contributed by atoms with Gasteiger partial charge in [0, 0.05) is 25.6 Å². The van der Waals surface area contributed by atoms with Crippen molar-refractivity contribution in [3.05, 3.63) is 0 Å². The Morgan fingerprint density at radius 2 is 1.95 bits per heavy atom. The highest BCUT2D eigenvalue weighted by Crippen LogP contribution is 2.23. The second kappa shape index (κ2) is 7.88. The van der Waals surface area contributed by atoms with Crippen molar-refractivity contribution in [2.75, 3.05) is 19.6 Å². The molecule has 1 aliphatic carbocycles. The zero-order valence-electron chi connectivity index (χ0n) is 12.5. The van der Waals surface area contributed by atoms with Gasteiger partial charge >= 0.3 is 0 Å². The van der Waals surface area contributed by atoms with E-state index in [0.29, 0.717) is 11.9 Å². The molecular weight excluding hydrogens is 236 g/mol. The maximum absolute atomic E-state index is 11.9. The quantitative estimate of drug-likeness (QED) is 0.830. The summed E-state index contributed by atoms with van der Waals surface area (Å²) in [6.45, 7) is 5.16. The molecule has 1 unspecified atom stereocenters. The summed E-state index contributed by atoms with van der Waals surface area (Å²) >= 11 is 0. The van der Waals surface area contributed by atoms with Gasteiger partial charge in [-0.05, 0) is 44.6 Å². The van der Waals surface area contributed by atoms with E-state index < -0.39 is 0 Å². The Balaban J connectivity index is 1.69. The van der Waals surface area contributed by atoms with Crippen LogP contribution in [-0.4, -0.2) is 36.5 Å². The SMILES string of the molecule is CCCC(=O)N1CCCC(NCC2CCCCC2)C1. The van der Waals surface area contributed by atoms with Crippen molar-refractivity contribution in [2.24, 2.45) is 5.92 Å². The van der Waals surface area contributed by atoms with E-state index in [9.17, 15) is 4.79 Å². The van der Waals surface area contributed by atoms with Crippen LogP contribution in [0.15, 0.2) is 0 Å². The molecule has 0 aromatic carbocycles. The molecule has 3 heteroatoms. The fourth-order valence-corrected chi connectivity index (χ4v) is 3.47. The first-order chi connectivity index (χ1) is 9.29. The van der Waals surface area contributed by atoms with Crippen molar-refractivity contribution < 1.29 is 4.79 Å². The summed E-state index contributed by atoms with van der Waals surface area (Å²) in [4.78, 5) is 14.0. The van der Waals surface area contributed by atoms with Crippen LogP contribution < -0.4 is 5.32 Å². The van der Waals surface area contributed by atoms with Crippen molar-refractivity contribution >= 4 is 5.91 Å². The molecule has 0 bridgehead atoms. The maximum Gasteiger partial charge on any atom is 0.222 e. The number of likely N-dealkylation sites (tertiary alicyclic amines) is 1. The van der Waals surface area contributed by atoms with Crippen LogP contribution in [0.3, 0.4) is 0 Å². The molecule has 2 fully saturated rings. The molecule has 1 atom stereocenters. The number of rotatable bonds is 5. The highest BCUT2D eigenvalue weighted by Gasteiger charge is 2.23. The van der Waals surface area contributed by atoms with Gasteiger partial charge in [-0.1, -0.05) is 26.2 Å². The predicted octanol–water partition coefficient (Wildman–Crippen LogP) is 2.95. The molecule has 3 nitrogen and oxygen atoms in total. The van der Waals surface area contributed by atoms with E-state index in [4.69, 9.17) is 0 Å². The molecule has 110 valence electrons. The van der Waals surface area contributed by atoms with Crippen molar-refractivity contribution in [2.45, 2.75) is 70.8 Å². The first-order valence-corrected chi connectivity index (χ1v) is 8.30. The molecule has 1 heterocycles. The van der Waals surface area contributed by atoms with Crippen LogP contribution in [-0.2, 0) is 4.79 Å². The number of hydrogen-bond acceptors (Lipinski definition) is 2. The van der Waals surface area contributed by atoms with Crippen LogP contribution in [0.5, 0.6) is 0 Å². The van der Waals surface area contributed by atoms with E-state index in [-0.39, 0.29) is 0 Å². The topological polar surface area (TPSA) is 32.3 Å². The van der Waals surface area contributed by atoms with Crippen LogP contribution in [0.25, 0.3) is 0 Å². The summed E-state index contributed by atoms with van der Waals surface area (Å²) < 4.78 is 0. The van der Waals surface area contributed by atoms with Gasteiger partial charge in [0.2, 0.25) is 5.91 Å². The molecule has 1 N–H and O–H groups in total. The minimum Gasteiger partial charge on any atom is -0.341 e. The van der Waals surface area contributed by atoms with Gasteiger partial charge in [0.1, 0.15) is 0 Å². The molecule has 0 aromatic heterocycles. The standard InChI is InChI=1S/C16H30N2O/c1-2-7-16(19)18-11-6-10-15(13-18)17-12-14-8-4-3-5-9-14/h14-15,17H,2-13H2,1H3. The fraction of sp³-hybridized carbons (Fsp3) is 0.938. The molecule has 0 radical (unpaired) electrons. The lowest BCUT2D eigenvalue weighted by Gasteiger charge is -2.34. The summed E-state index contributed by atoms with van der Waals surface area (Å²) in [5, 5.41) is 3.72. The molecule has 2 aliphatic rings. The van der Waals surface area contributed by atoms with E-state index >= 15 is 0 Å². The van der Waals surface area contributed by atoms with Crippen molar-refractivity contribution in [3.8, 4) is 0 Å². The minimum atomic E-state index is 0.353. The van der Waals surface area contributed by atoms with Gasteiger partial charge in [-0.25, -0.2) is 0 Å². The van der Waals surface area contributed by atoms with Crippen LogP contribution in [0.2, 0.25) is 0 Å². The highest BCUT2D eigenvalue weighted by atomic mass is 16.2. The van der Waals surface area contributed by atoms with E-state index in [1.165, 1.54) is 45.1 Å². The summed E-state index contributed by atoms with van der Waals surface area (Å²) in [6, 6.07) is 0.538. The zero-order chi connectivity index (χ0) is 13.5. The number of carbonyl (C=O) groups is 1. The monoisotopic (exact) mass is 266 g/mol. The smallest absolute Gasteiger partial charge is 0.222 e. The van der Waals surface area contributed by atoms with E-state index in [2.05, 4.69) is 17.1 Å². The Morgan fingerprint density at radius 3 is 2.68 bits per heavy atom. The van der Waals surface area contributed by atoms with Gasteiger partial charge in [0.05, 0.1) is 0 Å². The van der Waals surface area contributed by atoms with Gasteiger partial charge in [-0.3, -0.25) is 4.79 Å². The summed E-state index contributed by atoms with van der Waals surface area (Å²) in [7, 11) is 0. The Morgan fingerprint density at radius 1 is 1.16 bits per heavy atom. The summed E-state index contributed by atoms with van der Waals surface area (Å²) in [5.74, 6) is 1.24. The molecule has 19 heavy (non-hydrogen) atoms. The van der Waals surface area contributed by atoms with Gasteiger partial charge < -0.3 is 10.2 Å². The molecule has 0 spiro atoms. The molecule has 2 rings (SSSR count). The molecule has 1 saturated carbocycles. The Labute approximate surface area is 118 Å². The lowest BCUT2D eigenvalue weighted by molar-refractivity contribution is -0.132. The van der Waals surface area contributed by atoms with Gasteiger partial charge in [0.15, 0.2) is 0 Å². The van der Waals surface area contributed by atoms with E-state index in [1.807, 2.05) is 0 Å². The van der Waals surface area contributed by atoms with Crippen molar-refractivity contribution in [1.29, 1.82) is 0 Å². The second-order valence-electron chi connectivity index (χ2n) is 6.34. The van der Waals surface area contributed by atoms with E-state index in [1.54, 1.807) is 0 Å². The lowest BCUT2D eigenvalue weighted by atomic mass is 9.89. The summed E-state index contributed by atoms with van der Waals surface area (Å²) in [6.07, 6.45) is 11.1. The van der Waals surface area contributed by atoms with Gasteiger partial charge in [-0.2, -0.15) is 0 Å². The van der Waals surface area contributed by atoms with Crippen LogP contribution in [0, 0.1) is 5.92 Å². The average Bonchev–Trinajstić information content (AvgIpc) is 2.47. The van der Waals surface area contributed by atoms with Gasteiger partial charge in [0.25, 0.3) is 0 Å².